The monoisotopic (exact) mass is 299 g/mol. The van der Waals surface area contributed by atoms with Gasteiger partial charge in [-0.05, 0) is 44.9 Å². The Kier molecular flexibility index (Phi) is 5.84. The van der Waals surface area contributed by atoms with Crippen LogP contribution in [0, 0.1) is 5.92 Å². The lowest BCUT2D eigenvalue weighted by atomic mass is 10.0. The molecule has 1 aromatic rings. The number of ether oxygens (including phenoxy) is 1. The maximum atomic E-state index is 12.2. The van der Waals surface area contributed by atoms with Crippen LogP contribution in [0.5, 0.6) is 5.75 Å². The van der Waals surface area contributed by atoms with Crippen molar-refractivity contribution in [2.45, 2.75) is 39.3 Å². The third-order valence-electron chi connectivity index (χ3n) is 3.22. The van der Waals surface area contributed by atoms with E-state index < -0.39 is 5.60 Å². The molecule has 2 unspecified atom stereocenters. The zero-order valence-electron chi connectivity index (χ0n) is 12.3. The van der Waals surface area contributed by atoms with E-state index in [1.807, 2.05) is 13.8 Å². The molecular weight excluding hydrogens is 278 g/mol. The fourth-order valence-electron chi connectivity index (χ4n) is 1.55. The zero-order chi connectivity index (χ0) is 15.3. The normalized spacial score (nSPS) is 14.5. The molecule has 1 rings (SSSR count). The molecule has 0 saturated heterocycles. The van der Waals surface area contributed by atoms with Gasteiger partial charge in [0.15, 0.2) is 5.60 Å². The van der Waals surface area contributed by atoms with Gasteiger partial charge in [-0.15, -0.1) is 0 Å². The summed E-state index contributed by atoms with van der Waals surface area (Å²) in [6.45, 7) is 7.14. The van der Waals surface area contributed by atoms with Gasteiger partial charge in [0.05, 0.1) is 0 Å². The fraction of sp³-hybridized carbons (Fsp3) is 0.533. The molecule has 0 heterocycles. The Morgan fingerprint density at radius 2 is 2.10 bits per heavy atom. The molecule has 1 aromatic carbocycles. The third-order valence-corrected chi connectivity index (χ3v) is 3.45. The average Bonchev–Trinajstić information content (AvgIpc) is 2.37. The van der Waals surface area contributed by atoms with E-state index in [2.05, 4.69) is 5.32 Å². The number of hydrogen-bond acceptors (Lipinski definition) is 3. The van der Waals surface area contributed by atoms with E-state index in [1.165, 1.54) is 0 Å². The molecule has 0 radical (unpaired) electrons. The van der Waals surface area contributed by atoms with Crippen molar-refractivity contribution in [3.8, 4) is 5.75 Å². The highest BCUT2D eigenvalue weighted by molar-refractivity contribution is 6.30. The number of aliphatic hydroxyl groups is 1. The van der Waals surface area contributed by atoms with Crippen molar-refractivity contribution in [2.24, 2.45) is 5.92 Å². The van der Waals surface area contributed by atoms with Gasteiger partial charge in [-0.2, -0.15) is 0 Å². The molecule has 0 aliphatic rings. The van der Waals surface area contributed by atoms with Gasteiger partial charge in [-0.25, -0.2) is 0 Å². The first-order valence-electron chi connectivity index (χ1n) is 6.62. The number of benzene rings is 1. The van der Waals surface area contributed by atoms with Crippen LogP contribution in [0.2, 0.25) is 5.02 Å². The standard InChI is InChI=1S/C15H22ClNO3/c1-10(9-18)11(2)17-14(19)15(3,4)20-13-7-5-6-12(16)8-13/h5-8,10-11,18H,9H2,1-4H3,(H,17,19). The minimum atomic E-state index is -1.02. The summed E-state index contributed by atoms with van der Waals surface area (Å²) in [6, 6.07) is 6.79. The molecule has 0 saturated carbocycles. The number of amides is 1. The average molecular weight is 300 g/mol. The summed E-state index contributed by atoms with van der Waals surface area (Å²) < 4.78 is 5.70. The van der Waals surface area contributed by atoms with E-state index in [9.17, 15) is 4.79 Å². The molecule has 2 atom stereocenters. The maximum absolute atomic E-state index is 12.2. The molecule has 5 heteroatoms. The van der Waals surface area contributed by atoms with E-state index >= 15 is 0 Å². The second-order valence-corrected chi connectivity index (χ2v) is 5.93. The third kappa shape index (κ3) is 4.69. The van der Waals surface area contributed by atoms with Gasteiger partial charge in [0.25, 0.3) is 5.91 Å². The Hall–Kier alpha value is -1.26. The highest BCUT2D eigenvalue weighted by atomic mass is 35.5. The first-order valence-corrected chi connectivity index (χ1v) is 7.00. The number of rotatable bonds is 6. The summed E-state index contributed by atoms with van der Waals surface area (Å²) in [5.41, 5.74) is -1.02. The van der Waals surface area contributed by atoms with Crippen molar-refractivity contribution >= 4 is 17.5 Å². The molecule has 4 nitrogen and oxygen atoms in total. The van der Waals surface area contributed by atoms with E-state index in [1.54, 1.807) is 38.1 Å². The van der Waals surface area contributed by atoms with Crippen molar-refractivity contribution in [3.05, 3.63) is 29.3 Å². The quantitative estimate of drug-likeness (QED) is 0.849. The largest absolute Gasteiger partial charge is 0.478 e. The Balaban J connectivity index is 2.70. The Bertz CT molecular complexity index is 462. The second kappa shape index (κ2) is 6.95. The first kappa shape index (κ1) is 16.8. The van der Waals surface area contributed by atoms with Gasteiger partial charge in [0.1, 0.15) is 5.75 Å². The highest BCUT2D eigenvalue weighted by Crippen LogP contribution is 2.22. The number of aliphatic hydroxyl groups excluding tert-OH is 1. The highest BCUT2D eigenvalue weighted by Gasteiger charge is 2.31. The van der Waals surface area contributed by atoms with E-state index in [-0.39, 0.29) is 24.5 Å². The molecule has 0 spiro atoms. The van der Waals surface area contributed by atoms with Crippen LogP contribution in [-0.2, 0) is 4.79 Å². The van der Waals surface area contributed by atoms with Crippen LogP contribution in [0.4, 0.5) is 0 Å². The van der Waals surface area contributed by atoms with Crippen LogP contribution in [0.3, 0.4) is 0 Å². The van der Waals surface area contributed by atoms with Crippen LogP contribution in [0.1, 0.15) is 27.7 Å². The number of nitrogens with one attached hydrogen (secondary N) is 1. The number of hydrogen-bond donors (Lipinski definition) is 2. The zero-order valence-corrected chi connectivity index (χ0v) is 13.1. The molecular formula is C15H22ClNO3. The van der Waals surface area contributed by atoms with Crippen molar-refractivity contribution < 1.29 is 14.6 Å². The molecule has 2 N–H and O–H groups in total. The lowest BCUT2D eigenvalue weighted by Crippen LogP contribution is -2.51. The summed E-state index contributed by atoms with van der Waals surface area (Å²) in [7, 11) is 0. The predicted molar refractivity (Wildman–Crippen MR) is 80.0 cm³/mol. The van der Waals surface area contributed by atoms with Crippen molar-refractivity contribution in [1.29, 1.82) is 0 Å². The van der Waals surface area contributed by atoms with Crippen LogP contribution in [-0.4, -0.2) is 29.3 Å². The molecule has 0 fully saturated rings. The SMILES string of the molecule is CC(CO)C(C)NC(=O)C(C)(C)Oc1cccc(Cl)c1. The van der Waals surface area contributed by atoms with Gasteiger partial charge in [0.2, 0.25) is 0 Å². The Morgan fingerprint density at radius 1 is 1.45 bits per heavy atom. The van der Waals surface area contributed by atoms with Crippen LogP contribution < -0.4 is 10.1 Å². The summed E-state index contributed by atoms with van der Waals surface area (Å²) in [6.07, 6.45) is 0. The Labute approximate surface area is 125 Å². The van der Waals surface area contributed by atoms with Gasteiger partial charge in [0, 0.05) is 17.7 Å². The number of carbonyl (C=O) groups excluding carboxylic acids is 1. The Morgan fingerprint density at radius 3 is 2.65 bits per heavy atom. The van der Waals surface area contributed by atoms with E-state index in [0.29, 0.717) is 10.8 Å². The number of carbonyl (C=O) groups is 1. The van der Waals surface area contributed by atoms with Gasteiger partial charge < -0.3 is 15.2 Å². The molecule has 0 bridgehead atoms. The lowest BCUT2D eigenvalue weighted by molar-refractivity contribution is -0.135. The van der Waals surface area contributed by atoms with Gasteiger partial charge in [-0.1, -0.05) is 24.6 Å². The van der Waals surface area contributed by atoms with E-state index in [0.717, 1.165) is 0 Å². The smallest absolute Gasteiger partial charge is 0.263 e. The molecule has 20 heavy (non-hydrogen) atoms. The fourth-order valence-corrected chi connectivity index (χ4v) is 1.73. The predicted octanol–water partition coefficient (Wildman–Crippen LogP) is 2.63. The van der Waals surface area contributed by atoms with Crippen LogP contribution in [0.25, 0.3) is 0 Å². The summed E-state index contributed by atoms with van der Waals surface area (Å²) in [5, 5.41) is 12.5. The molecule has 0 aromatic heterocycles. The molecule has 0 aliphatic heterocycles. The van der Waals surface area contributed by atoms with Crippen molar-refractivity contribution in [2.75, 3.05) is 6.61 Å². The minimum absolute atomic E-state index is 0.0130. The molecule has 112 valence electrons. The van der Waals surface area contributed by atoms with Crippen molar-refractivity contribution in [3.63, 3.8) is 0 Å². The summed E-state index contributed by atoms with van der Waals surface area (Å²) in [5.74, 6) is 0.298. The minimum Gasteiger partial charge on any atom is -0.478 e. The molecule has 1 amide bonds. The summed E-state index contributed by atoms with van der Waals surface area (Å²) >= 11 is 5.89. The topological polar surface area (TPSA) is 58.6 Å². The number of halogens is 1. The van der Waals surface area contributed by atoms with Gasteiger partial charge >= 0.3 is 0 Å². The first-order chi connectivity index (χ1) is 9.26. The lowest BCUT2D eigenvalue weighted by Gasteiger charge is -2.28. The van der Waals surface area contributed by atoms with Gasteiger partial charge in [-0.3, -0.25) is 4.79 Å². The van der Waals surface area contributed by atoms with Crippen LogP contribution in [0.15, 0.2) is 24.3 Å². The van der Waals surface area contributed by atoms with E-state index in [4.69, 9.17) is 21.4 Å². The van der Waals surface area contributed by atoms with Crippen LogP contribution >= 0.6 is 11.6 Å². The molecule has 0 aliphatic carbocycles. The van der Waals surface area contributed by atoms with Crippen molar-refractivity contribution in [1.82, 2.24) is 5.32 Å². The summed E-state index contributed by atoms with van der Waals surface area (Å²) in [4.78, 5) is 12.2. The second-order valence-electron chi connectivity index (χ2n) is 5.49. The maximum Gasteiger partial charge on any atom is 0.263 e.